The largest absolute Gasteiger partial charge is 0.508 e. The van der Waals surface area contributed by atoms with Gasteiger partial charge in [-0.05, 0) is 43.2 Å². The summed E-state index contributed by atoms with van der Waals surface area (Å²) in [6.45, 7) is 0.617. The highest BCUT2D eigenvalue weighted by Gasteiger charge is 2.51. The van der Waals surface area contributed by atoms with Gasteiger partial charge in [-0.15, -0.1) is 0 Å². The lowest BCUT2D eigenvalue weighted by Gasteiger charge is -2.19. The number of halogens is 4. The molecule has 1 aliphatic rings. The van der Waals surface area contributed by atoms with Crippen molar-refractivity contribution in [1.82, 2.24) is 15.6 Å². The molecule has 0 aliphatic heterocycles. The van der Waals surface area contributed by atoms with Crippen molar-refractivity contribution < 1.29 is 37.0 Å². The summed E-state index contributed by atoms with van der Waals surface area (Å²) in [5.41, 5.74) is -1.77. The Morgan fingerprint density at radius 3 is 2.53 bits per heavy atom. The second-order valence-corrected chi connectivity index (χ2v) is 7.57. The minimum Gasteiger partial charge on any atom is -0.508 e. The highest BCUT2D eigenvalue weighted by Crippen LogP contribution is 2.40. The molecule has 1 heterocycles. The number of hydrogen-bond acceptors (Lipinski definition) is 5. The molecular formula is C21H21F4N3O4. The lowest BCUT2D eigenvalue weighted by molar-refractivity contribution is -0.138. The van der Waals surface area contributed by atoms with Gasteiger partial charge in [0.05, 0.1) is 24.4 Å². The summed E-state index contributed by atoms with van der Waals surface area (Å²) >= 11 is 0. The van der Waals surface area contributed by atoms with E-state index in [0.29, 0.717) is 24.6 Å². The van der Waals surface area contributed by atoms with Gasteiger partial charge in [-0.25, -0.2) is 0 Å². The zero-order valence-corrected chi connectivity index (χ0v) is 17.0. The Morgan fingerprint density at radius 2 is 1.97 bits per heavy atom. The Labute approximate surface area is 180 Å². The Balaban J connectivity index is 1.59. The molecule has 0 saturated heterocycles. The molecule has 1 atom stereocenters. The highest BCUT2D eigenvalue weighted by molar-refractivity contribution is 5.94. The summed E-state index contributed by atoms with van der Waals surface area (Å²) in [6, 6.07) is 5.49. The summed E-state index contributed by atoms with van der Waals surface area (Å²) < 4.78 is 57.3. The van der Waals surface area contributed by atoms with Crippen LogP contribution in [0.25, 0.3) is 0 Å². The number of aromatic hydroxyl groups is 1. The van der Waals surface area contributed by atoms with Gasteiger partial charge in [0.15, 0.2) is 0 Å². The highest BCUT2D eigenvalue weighted by atomic mass is 19.4. The first kappa shape index (κ1) is 23.3. The SMILES string of the molecule is CC(CF)C(=O)NC1(C(=O)NCc2ccc(Oc3ccc(O)cc3C(F)(F)F)cn2)CC1. The van der Waals surface area contributed by atoms with Crippen LogP contribution in [0.2, 0.25) is 0 Å². The van der Waals surface area contributed by atoms with Crippen LogP contribution < -0.4 is 15.4 Å². The number of nitrogens with one attached hydrogen (secondary N) is 2. The molecule has 3 rings (SSSR count). The molecule has 1 saturated carbocycles. The number of amides is 2. The van der Waals surface area contributed by atoms with Crippen molar-refractivity contribution >= 4 is 11.8 Å². The molecule has 2 aromatic rings. The molecule has 0 bridgehead atoms. The van der Waals surface area contributed by atoms with E-state index in [9.17, 15) is 32.3 Å². The van der Waals surface area contributed by atoms with E-state index < -0.39 is 53.2 Å². The number of rotatable bonds is 8. The van der Waals surface area contributed by atoms with Gasteiger partial charge in [-0.3, -0.25) is 19.0 Å². The zero-order valence-electron chi connectivity index (χ0n) is 17.0. The van der Waals surface area contributed by atoms with Gasteiger partial charge in [-0.1, -0.05) is 6.92 Å². The first-order valence-corrected chi connectivity index (χ1v) is 9.73. The van der Waals surface area contributed by atoms with Crippen LogP contribution in [0.15, 0.2) is 36.5 Å². The van der Waals surface area contributed by atoms with Crippen LogP contribution in [-0.2, 0) is 22.3 Å². The van der Waals surface area contributed by atoms with E-state index in [1.807, 2.05) is 0 Å². The normalized spacial score (nSPS) is 15.5. The summed E-state index contributed by atoms with van der Waals surface area (Å²) in [5, 5.41) is 14.5. The van der Waals surface area contributed by atoms with Crippen LogP contribution in [-0.4, -0.2) is 34.1 Å². The van der Waals surface area contributed by atoms with Gasteiger partial charge in [0.1, 0.15) is 35.0 Å². The summed E-state index contributed by atoms with van der Waals surface area (Å²) in [4.78, 5) is 28.3. The van der Waals surface area contributed by atoms with E-state index in [1.54, 1.807) is 0 Å². The van der Waals surface area contributed by atoms with E-state index in [4.69, 9.17) is 4.74 Å². The predicted octanol–water partition coefficient (Wildman–Crippen LogP) is 3.47. The standard InChI is InChI=1S/C21H21F4N3O4/c1-12(9-22)18(30)28-20(6-7-20)19(31)27-10-13-2-4-15(11-26-13)32-17-5-3-14(29)8-16(17)21(23,24)25/h2-5,8,11-12,29H,6-7,9-10H2,1H3,(H,27,31)(H,28,30). The van der Waals surface area contributed by atoms with Crippen molar-refractivity contribution in [2.75, 3.05) is 6.67 Å². The molecule has 1 unspecified atom stereocenters. The molecule has 1 aromatic heterocycles. The number of ether oxygens (including phenoxy) is 1. The van der Waals surface area contributed by atoms with E-state index in [-0.39, 0.29) is 12.3 Å². The number of phenols is 1. The first-order chi connectivity index (χ1) is 15.0. The Bertz CT molecular complexity index is 992. The third kappa shape index (κ3) is 5.45. The summed E-state index contributed by atoms with van der Waals surface area (Å²) in [7, 11) is 0. The molecular weight excluding hydrogens is 434 g/mol. The molecule has 7 nitrogen and oxygen atoms in total. The van der Waals surface area contributed by atoms with Crippen molar-refractivity contribution in [1.29, 1.82) is 0 Å². The molecule has 11 heteroatoms. The number of benzene rings is 1. The number of alkyl halides is 4. The van der Waals surface area contributed by atoms with Gasteiger partial charge < -0.3 is 20.5 Å². The van der Waals surface area contributed by atoms with Crippen LogP contribution in [0.5, 0.6) is 17.2 Å². The first-order valence-electron chi connectivity index (χ1n) is 9.73. The second kappa shape index (κ2) is 9.01. The third-order valence-electron chi connectivity index (χ3n) is 4.95. The minimum atomic E-state index is -4.72. The molecule has 2 amide bonds. The average Bonchev–Trinajstić information content (AvgIpc) is 3.53. The summed E-state index contributed by atoms with van der Waals surface area (Å²) in [5.74, 6) is -2.81. The fourth-order valence-corrected chi connectivity index (χ4v) is 2.83. The van der Waals surface area contributed by atoms with Gasteiger partial charge >= 0.3 is 6.18 Å². The number of carbonyl (C=O) groups excluding carboxylic acids is 2. The van der Waals surface area contributed by atoms with E-state index in [0.717, 1.165) is 12.1 Å². The van der Waals surface area contributed by atoms with E-state index >= 15 is 0 Å². The predicted molar refractivity (Wildman–Crippen MR) is 105 cm³/mol. The van der Waals surface area contributed by atoms with Crippen LogP contribution in [0.3, 0.4) is 0 Å². The quantitative estimate of drug-likeness (QED) is 0.530. The van der Waals surface area contributed by atoms with Crippen molar-refractivity contribution in [3.05, 3.63) is 47.8 Å². The number of hydrogen-bond donors (Lipinski definition) is 3. The lowest BCUT2D eigenvalue weighted by Crippen LogP contribution is -2.50. The fourth-order valence-electron chi connectivity index (χ4n) is 2.83. The second-order valence-electron chi connectivity index (χ2n) is 7.57. The van der Waals surface area contributed by atoms with E-state index in [1.165, 1.54) is 25.3 Å². The number of aromatic nitrogens is 1. The molecule has 1 aliphatic carbocycles. The minimum absolute atomic E-state index is 0.0163. The zero-order chi connectivity index (χ0) is 23.5. The van der Waals surface area contributed by atoms with Crippen molar-refractivity contribution in [3.8, 4) is 17.2 Å². The average molecular weight is 455 g/mol. The molecule has 0 radical (unpaired) electrons. The molecule has 0 spiro atoms. The number of phenolic OH excluding ortho intramolecular Hbond substituents is 1. The van der Waals surface area contributed by atoms with Crippen LogP contribution >= 0.6 is 0 Å². The number of pyridine rings is 1. The maximum atomic E-state index is 13.1. The van der Waals surface area contributed by atoms with Crippen molar-refractivity contribution in [2.45, 2.75) is 38.0 Å². The monoisotopic (exact) mass is 455 g/mol. The number of carbonyl (C=O) groups is 2. The summed E-state index contributed by atoms with van der Waals surface area (Å²) in [6.07, 6.45) is -2.64. The maximum absolute atomic E-state index is 13.1. The molecule has 172 valence electrons. The van der Waals surface area contributed by atoms with Crippen LogP contribution in [0.1, 0.15) is 31.0 Å². The van der Waals surface area contributed by atoms with Gasteiger partial charge in [0.2, 0.25) is 11.8 Å². The Kier molecular flexibility index (Phi) is 6.56. The van der Waals surface area contributed by atoms with Crippen molar-refractivity contribution in [3.63, 3.8) is 0 Å². The molecule has 1 fully saturated rings. The smallest absolute Gasteiger partial charge is 0.420 e. The van der Waals surface area contributed by atoms with E-state index in [2.05, 4.69) is 15.6 Å². The van der Waals surface area contributed by atoms with Crippen LogP contribution in [0, 0.1) is 5.92 Å². The molecule has 32 heavy (non-hydrogen) atoms. The fraction of sp³-hybridized carbons (Fsp3) is 0.381. The van der Waals surface area contributed by atoms with Crippen molar-refractivity contribution in [2.24, 2.45) is 5.92 Å². The number of nitrogens with zero attached hydrogens (tertiary/aromatic N) is 1. The lowest BCUT2D eigenvalue weighted by atomic mass is 10.1. The van der Waals surface area contributed by atoms with Gasteiger partial charge in [0, 0.05) is 0 Å². The van der Waals surface area contributed by atoms with Gasteiger partial charge in [-0.2, -0.15) is 13.2 Å². The molecule has 3 N–H and O–H groups in total. The van der Waals surface area contributed by atoms with Crippen LogP contribution in [0.4, 0.5) is 17.6 Å². The molecule has 1 aromatic carbocycles. The third-order valence-corrected chi connectivity index (χ3v) is 4.95. The Morgan fingerprint density at radius 1 is 1.25 bits per heavy atom. The Hall–Kier alpha value is -3.37. The maximum Gasteiger partial charge on any atom is 0.420 e. The topological polar surface area (TPSA) is 101 Å². The van der Waals surface area contributed by atoms with Gasteiger partial charge in [0.25, 0.3) is 0 Å².